The highest BCUT2D eigenvalue weighted by Crippen LogP contribution is 2.26. The Hall–Kier alpha value is -0.830. The number of hydrogen-bond donors (Lipinski definition) is 3. The molecule has 7 heteroatoms. The second kappa shape index (κ2) is 11.7. The van der Waals surface area contributed by atoms with Crippen molar-refractivity contribution >= 4 is 47.2 Å². The predicted octanol–water partition coefficient (Wildman–Crippen LogP) is 2.73. The van der Waals surface area contributed by atoms with Crippen LogP contribution in [0.15, 0.2) is 22.5 Å². The van der Waals surface area contributed by atoms with Gasteiger partial charge in [-0.2, -0.15) is 0 Å². The van der Waals surface area contributed by atoms with Crippen molar-refractivity contribution in [1.29, 1.82) is 0 Å². The summed E-state index contributed by atoms with van der Waals surface area (Å²) < 4.78 is 0. The Morgan fingerprint density at radius 2 is 2.00 bits per heavy atom. The minimum absolute atomic E-state index is 0. The zero-order valence-electron chi connectivity index (χ0n) is 14.4. The molecular weight excluding hydrogens is 423 g/mol. The molecule has 0 aromatic carbocycles. The van der Waals surface area contributed by atoms with Crippen molar-refractivity contribution < 1.29 is 4.79 Å². The highest BCUT2D eigenvalue weighted by Gasteiger charge is 2.21. The SMILES string of the molecule is CCCNC(=O)CCNC(=NC)NCC(C)(C)c1cccs1.I. The van der Waals surface area contributed by atoms with Gasteiger partial charge in [0.2, 0.25) is 5.91 Å². The van der Waals surface area contributed by atoms with E-state index in [9.17, 15) is 4.79 Å². The van der Waals surface area contributed by atoms with Crippen LogP contribution in [0.2, 0.25) is 0 Å². The molecule has 23 heavy (non-hydrogen) atoms. The van der Waals surface area contributed by atoms with Gasteiger partial charge in [0, 0.05) is 43.4 Å². The Labute approximate surface area is 160 Å². The molecule has 0 aliphatic rings. The minimum atomic E-state index is 0. The van der Waals surface area contributed by atoms with Crippen molar-refractivity contribution in [2.75, 3.05) is 26.7 Å². The summed E-state index contributed by atoms with van der Waals surface area (Å²) in [7, 11) is 1.74. The van der Waals surface area contributed by atoms with E-state index < -0.39 is 0 Å². The molecule has 132 valence electrons. The van der Waals surface area contributed by atoms with Crippen molar-refractivity contribution in [3.63, 3.8) is 0 Å². The highest BCUT2D eigenvalue weighted by atomic mass is 127. The molecule has 0 bridgehead atoms. The number of nitrogens with zero attached hydrogens (tertiary/aromatic N) is 1. The van der Waals surface area contributed by atoms with Crippen LogP contribution in [0, 0.1) is 0 Å². The fourth-order valence-corrected chi connectivity index (χ4v) is 2.78. The third-order valence-corrected chi connectivity index (χ3v) is 4.56. The lowest BCUT2D eigenvalue weighted by Crippen LogP contribution is -2.44. The van der Waals surface area contributed by atoms with Gasteiger partial charge in [-0.3, -0.25) is 9.79 Å². The summed E-state index contributed by atoms with van der Waals surface area (Å²) in [6.45, 7) is 8.55. The van der Waals surface area contributed by atoms with Crippen molar-refractivity contribution in [2.24, 2.45) is 4.99 Å². The van der Waals surface area contributed by atoms with Crippen molar-refractivity contribution in [3.05, 3.63) is 22.4 Å². The molecule has 0 aliphatic heterocycles. The Morgan fingerprint density at radius 3 is 2.57 bits per heavy atom. The van der Waals surface area contributed by atoms with Gasteiger partial charge in [-0.15, -0.1) is 35.3 Å². The lowest BCUT2D eigenvalue weighted by atomic mass is 9.91. The van der Waals surface area contributed by atoms with Crippen molar-refractivity contribution in [2.45, 2.75) is 39.0 Å². The molecule has 5 nitrogen and oxygen atoms in total. The van der Waals surface area contributed by atoms with Gasteiger partial charge >= 0.3 is 0 Å². The van der Waals surface area contributed by atoms with Gasteiger partial charge in [0.25, 0.3) is 0 Å². The number of thiophene rings is 1. The number of aliphatic imine (C=N–C) groups is 1. The molecule has 0 unspecified atom stereocenters. The van der Waals surface area contributed by atoms with Gasteiger partial charge in [0.05, 0.1) is 0 Å². The van der Waals surface area contributed by atoms with Crippen LogP contribution in [-0.4, -0.2) is 38.5 Å². The number of nitrogens with one attached hydrogen (secondary N) is 3. The van der Waals surface area contributed by atoms with E-state index in [0.717, 1.165) is 25.5 Å². The Bertz CT molecular complexity index is 474. The van der Waals surface area contributed by atoms with Crippen LogP contribution in [-0.2, 0) is 10.2 Å². The maximum atomic E-state index is 11.5. The van der Waals surface area contributed by atoms with Gasteiger partial charge in [0.15, 0.2) is 5.96 Å². The maximum Gasteiger partial charge on any atom is 0.221 e. The summed E-state index contributed by atoms with van der Waals surface area (Å²) in [6, 6.07) is 4.23. The minimum Gasteiger partial charge on any atom is -0.356 e. The maximum absolute atomic E-state index is 11.5. The summed E-state index contributed by atoms with van der Waals surface area (Å²) >= 11 is 1.77. The fraction of sp³-hybridized carbons (Fsp3) is 0.625. The average molecular weight is 452 g/mol. The van der Waals surface area contributed by atoms with Gasteiger partial charge in [-0.25, -0.2) is 0 Å². The first-order valence-electron chi connectivity index (χ1n) is 7.74. The van der Waals surface area contributed by atoms with E-state index in [1.165, 1.54) is 4.88 Å². The van der Waals surface area contributed by atoms with Crippen LogP contribution in [0.4, 0.5) is 0 Å². The first-order chi connectivity index (χ1) is 10.5. The first-order valence-corrected chi connectivity index (χ1v) is 8.62. The number of hydrogen-bond acceptors (Lipinski definition) is 3. The third kappa shape index (κ3) is 8.55. The molecule has 0 saturated heterocycles. The zero-order valence-corrected chi connectivity index (χ0v) is 17.6. The standard InChI is InChI=1S/C16H28N4OS.HI/c1-5-9-18-14(21)8-10-19-15(17-4)20-12-16(2,3)13-7-6-11-22-13;/h6-7,11H,5,8-10,12H2,1-4H3,(H,18,21)(H2,17,19,20);1H. The predicted molar refractivity (Wildman–Crippen MR) is 110 cm³/mol. The van der Waals surface area contributed by atoms with Gasteiger partial charge < -0.3 is 16.0 Å². The molecular formula is C16H29IN4OS. The van der Waals surface area contributed by atoms with Gasteiger partial charge in [-0.05, 0) is 17.9 Å². The molecule has 3 N–H and O–H groups in total. The molecule has 1 heterocycles. The number of carbonyl (C=O) groups is 1. The van der Waals surface area contributed by atoms with Crippen LogP contribution >= 0.6 is 35.3 Å². The molecule has 0 fully saturated rings. The van der Waals surface area contributed by atoms with Crippen molar-refractivity contribution in [1.82, 2.24) is 16.0 Å². The smallest absolute Gasteiger partial charge is 0.221 e. The number of carbonyl (C=O) groups excluding carboxylic acids is 1. The van der Waals surface area contributed by atoms with Crippen LogP contribution in [0.5, 0.6) is 0 Å². The number of amides is 1. The Kier molecular flexibility index (Phi) is 11.2. The van der Waals surface area contributed by atoms with E-state index in [0.29, 0.717) is 13.0 Å². The Morgan fingerprint density at radius 1 is 1.26 bits per heavy atom. The van der Waals surface area contributed by atoms with E-state index >= 15 is 0 Å². The third-order valence-electron chi connectivity index (χ3n) is 3.33. The van der Waals surface area contributed by atoms with E-state index in [4.69, 9.17) is 0 Å². The van der Waals surface area contributed by atoms with Gasteiger partial charge in [-0.1, -0.05) is 26.8 Å². The number of rotatable bonds is 8. The molecule has 0 aliphatic carbocycles. The monoisotopic (exact) mass is 452 g/mol. The number of guanidine groups is 1. The van der Waals surface area contributed by atoms with Crippen LogP contribution in [0.25, 0.3) is 0 Å². The average Bonchev–Trinajstić information content (AvgIpc) is 3.03. The fourth-order valence-electron chi connectivity index (χ4n) is 1.92. The molecule has 0 atom stereocenters. The van der Waals surface area contributed by atoms with Crippen LogP contribution in [0.1, 0.15) is 38.5 Å². The summed E-state index contributed by atoms with van der Waals surface area (Å²) in [4.78, 5) is 17.1. The molecule has 1 aromatic heterocycles. The molecule has 1 amide bonds. The summed E-state index contributed by atoms with van der Waals surface area (Å²) in [5, 5.41) is 11.5. The van der Waals surface area contributed by atoms with E-state index in [1.54, 1.807) is 18.4 Å². The summed E-state index contributed by atoms with van der Waals surface area (Å²) in [6.07, 6.45) is 1.41. The summed E-state index contributed by atoms with van der Waals surface area (Å²) in [5.74, 6) is 0.802. The highest BCUT2D eigenvalue weighted by molar-refractivity contribution is 14.0. The zero-order chi connectivity index (χ0) is 16.4. The van der Waals surface area contributed by atoms with Gasteiger partial charge in [0.1, 0.15) is 0 Å². The van der Waals surface area contributed by atoms with Crippen molar-refractivity contribution in [3.8, 4) is 0 Å². The first kappa shape index (κ1) is 22.2. The lowest BCUT2D eigenvalue weighted by Gasteiger charge is -2.25. The molecule has 0 saturated carbocycles. The quantitative estimate of drug-likeness (QED) is 0.323. The normalized spacial score (nSPS) is 11.6. The lowest BCUT2D eigenvalue weighted by molar-refractivity contribution is -0.120. The van der Waals surface area contributed by atoms with Crippen LogP contribution < -0.4 is 16.0 Å². The second-order valence-corrected chi connectivity index (χ2v) is 6.76. The molecule has 1 rings (SSSR count). The van der Waals surface area contributed by atoms with Crippen LogP contribution in [0.3, 0.4) is 0 Å². The molecule has 0 spiro atoms. The Balaban J connectivity index is 0.00000484. The second-order valence-electron chi connectivity index (χ2n) is 5.81. The topological polar surface area (TPSA) is 65.5 Å². The van der Waals surface area contributed by atoms with E-state index in [-0.39, 0.29) is 35.3 Å². The number of halogens is 1. The summed E-state index contributed by atoms with van der Waals surface area (Å²) in [5.41, 5.74) is 0.0459. The van der Waals surface area contributed by atoms with E-state index in [1.807, 2.05) is 6.92 Å². The largest absolute Gasteiger partial charge is 0.356 e. The van der Waals surface area contributed by atoms with E-state index in [2.05, 4.69) is 52.3 Å². The molecule has 1 aromatic rings. The molecule has 0 radical (unpaired) electrons.